The Morgan fingerprint density at radius 1 is 1.08 bits per heavy atom. The SMILES string of the molecule is COc1ccc(C(F)(F)F)cc1Nc1cc(Cl)nc(-c2ccccn2)n1. The molecule has 26 heavy (non-hydrogen) atoms. The third-order valence-corrected chi connectivity index (χ3v) is 3.57. The predicted octanol–water partition coefficient (Wildman–Crippen LogP) is 4.96. The van der Waals surface area contributed by atoms with Gasteiger partial charge in [-0.25, -0.2) is 9.97 Å². The number of nitrogens with one attached hydrogen (secondary N) is 1. The van der Waals surface area contributed by atoms with Gasteiger partial charge in [0.2, 0.25) is 0 Å². The number of alkyl halides is 3. The van der Waals surface area contributed by atoms with E-state index in [1.807, 2.05) is 0 Å². The van der Waals surface area contributed by atoms with E-state index in [-0.39, 0.29) is 28.2 Å². The third-order valence-electron chi connectivity index (χ3n) is 3.38. The molecule has 0 fully saturated rings. The first-order valence-corrected chi connectivity index (χ1v) is 7.73. The van der Waals surface area contributed by atoms with Gasteiger partial charge in [-0.1, -0.05) is 17.7 Å². The van der Waals surface area contributed by atoms with Crippen LogP contribution in [0.15, 0.2) is 48.7 Å². The molecule has 2 heterocycles. The fourth-order valence-electron chi connectivity index (χ4n) is 2.21. The number of nitrogens with zero attached hydrogens (tertiary/aromatic N) is 3. The summed E-state index contributed by atoms with van der Waals surface area (Å²) in [6, 6.07) is 9.70. The second-order valence-corrected chi connectivity index (χ2v) is 5.54. The molecule has 0 atom stereocenters. The Labute approximate surface area is 151 Å². The summed E-state index contributed by atoms with van der Waals surface area (Å²) in [6.45, 7) is 0. The molecule has 9 heteroatoms. The molecule has 0 aliphatic carbocycles. The van der Waals surface area contributed by atoms with E-state index >= 15 is 0 Å². The highest BCUT2D eigenvalue weighted by Gasteiger charge is 2.31. The van der Waals surface area contributed by atoms with E-state index in [2.05, 4.69) is 20.3 Å². The lowest BCUT2D eigenvalue weighted by molar-refractivity contribution is -0.137. The molecule has 3 rings (SSSR count). The largest absolute Gasteiger partial charge is 0.495 e. The number of methoxy groups -OCH3 is 1. The maximum absolute atomic E-state index is 13.0. The maximum Gasteiger partial charge on any atom is 0.416 e. The smallest absolute Gasteiger partial charge is 0.416 e. The molecule has 0 amide bonds. The van der Waals surface area contributed by atoms with Crippen molar-refractivity contribution in [2.75, 3.05) is 12.4 Å². The number of hydrogen-bond acceptors (Lipinski definition) is 5. The Morgan fingerprint density at radius 3 is 2.54 bits per heavy atom. The Balaban J connectivity index is 2.00. The van der Waals surface area contributed by atoms with Gasteiger partial charge < -0.3 is 10.1 Å². The van der Waals surface area contributed by atoms with Gasteiger partial charge >= 0.3 is 6.18 Å². The molecule has 0 saturated heterocycles. The molecule has 0 unspecified atom stereocenters. The van der Waals surface area contributed by atoms with Crippen LogP contribution in [0.25, 0.3) is 11.5 Å². The summed E-state index contributed by atoms with van der Waals surface area (Å²) in [7, 11) is 1.36. The second kappa shape index (κ2) is 7.17. The minimum Gasteiger partial charge on any atom is -0.495 e. The summed E-state index contributed by atoms with van der Waals surface area (Å²) in [5.74, 6) is 0.682. The number of anilines is 2. The highest BCUT2D eigenvalue weighted by atomic mass is 35.5. The molecule has 5 nitrogen and oxygen atoms in total. The van der Waals surface area contributed by atoms with E-state index in [1.54, 1.807) is 24.4 Å². The van der Waals surface area contributed by atoms with Crippen LogP contribution in [0.3, 0.4) is 0 Å². The summed E-state index contributed by atoms with van der Waals surface area (Å²) >= 11 is 6.01. The molecule has 0 aliphatic heterocycles. The maximum atomic E-state index is 13.0. The van der Waals surface area contributed by atoms with Crippen molar-refractivity contribution < 1.29 is 17.9 Å². The van der Waals surface area contributed by atoms with Crippen molar-refractivity contribution in [2.45, 2.75) is 6.18 Å². The van der Waals surface area contributed by atoms with Crippen LogP contribution in [0.1, 0.15) is 5.56 Å². The summed E-state index contributed by atoms with van der Waals surface area (Å²) < 4.78 is 44.0. The lowest BCUT2D eigenvalue weighted by Gasteiger charge is -2.14. The van der Waals surface area contributed by atoms with Gasteiger partial charge in [-0.3, -0.25) is 4.98 Å². The van der Waals surface area contributed by atoms with Crippen molar-refractivity contribution in [3.05, 3.63) is 59.4 Å². The monoisotopic (exact) mass is 380 g/mol. The lowest BCUT2D eigenvalue weighted by atomic mass is 10.1. The number of aromatic nitrogens is 3. The number of halogens is 4. The number of hydrogen-bond donors (Lipinski definition) is 1. The number of ether oxygens (including phenoxy) is 1. The first-order chi connectivity index (χ1) is 12.4. The highest BCUT2D eigenvalue weighted by molar-refractivity contribution is 6.29. The van der Waals surface area contributed by atoms with Gasteiger partial charge in [0.05, 0.1) is 18.4 Å². The number of benzene rings is 1. The zero-order valence-corrected chi connectivity index (χ0v) is 14.1. The molecule has 0 radical (unpaired) electrons. The molecular weight excluding hydrogens is 369 g/mol. The minimum atomic E-state index is -4.48. The average molecular weight is 381 g/mol. The molecule has 0 aliphatic rings. The van der Waals surface area contributed by atoms with Crippen LogP contribution in [-0.2, 0) is 6.18 Å². The number of rotatable bonds is 4. The van der Waals surface area contributed by atoms with Gasteiger partial charge in [0.1, 0.15) is 22.4 Å². The van der Waals surface area contributed by atoms with E-state index in [1.165, 1.54) is 19.2 Å². The van der Waals surface area contributed by atoms with Gasteiger partial charge in [-0.2, -0.15) is 13.2 Å². The quantitative estimate of drug-likeness (QED) is 0.648. The Hall–Kier alpha value is -2.87. The first-order valence-electron chi connectivity index (χ1n) is 7.35. The normalized spacial score (nSPS) is 11.3. The molecule has 0 spiro atoms. The number of pyridine rings is 1. The van der Waals surface area contributed by atoms with Crippen molar-refractivity contribution in [1.29, 1.82) is 0 Å². The van der Waals surface area contributed by atoms with Crippen LogP contribution in [0.2, 0.25) is 5.15 Å². The van der Waals surface area contributed by atoms with Crippen molar-refractivity contribution in [3.63, 3.8) is 0 Å². The molecule has 0 saturated carbocycles. The fraction of sp³-hybridized carbons (Fsp3) is 0.118. The predicted molar refractivity (Wildman–Crippen MR) is 91.6 cm³/mol. The van der Waals surface area contributed by atoms with Crippen molar-refractivity contribution >= 4 is 23.1 Å². The molecule has 134 valence electrons. The van der Waals surface area contributed by atoms with Crippen LogP contribution in [-0.4, -0.2) is 22.1 Å². The topological polar surface area (TPSA) is 59.9 Å². The van der Waals surface area contributed by atoms with Crippen LogP contribution in [0.4, 0.5) is 24.7 Å². The Kier molecular flexibility index (Phi) is 4.94. The lowest BCUT2D eigenvalue weighted by Crippen LogP contribution is -2.07. The van der Waals surface area contributed by atoms with Gasteiger partial charge in [0.25, 0.3) is 0 Å². The standard InChI is InChI=1S/C17H12ClF3N4O/c1-26-13-6-5-10(17(19,20)21)8-12(13)23-15-9-14(18)24-16(25-15)11-4-2-3-7-22-11/h2-9H,1H3,(H,23,24,25). The Bertz CT molecular complexity index is 920. The van der Waals surface area contributed by atoms with Gasteiger partial charge in [-0.15, -0.1) is 0 Å². The summed E-state index contributed by atoms with van der Waals surface area (Å²) in [6.07, 6.45) is -2.91. The third kappa shape index (κ3) is 4.02. The average Bonchev–Trinajstić information content (AvgIpc) is 2.61. The zero-order chi connectivity index (χ0) is 18.7. The zero-order valence-electron chi connectivity index (χ0n) is 13.4. The van der Waals surface area contributed by atoms with Crippen LogP contribution in [0, 0.1) is 0 Å². The van der Waals surface area contributed by atoms with E-state index in [0.29, 0.717) is 5.69 Å². The molecule has 1 N–H and O–H groups in total. The summed E-state index contributed by atoms with van der Waals surface area (Å²) in [5, 5.41) is 2.92. The summed E-state index contributed by atoms with van der Waals surface area (Å²) in [4.78, 5) is 12.5. The van der Waals surface area contributed by atoms with E-state index in [4.69, 9.17) is 16.3 Å². The molecular formula is C17H12ClF3N4O. The molecule has 1 aromatic carbocycles. The van der Waals surface area contributed by atoms with Crippen molar-refractivity contribution in [3.8, 4) is 17.3 Å². The Morgan fingerprint density at radius 2 is 1.88 bits per heavy atom. The van der Waals surface area contributed by atoms with Gasteiger partial charge in [0, 0.05) is 12.3 Å². The van der Waals surface area contributed by atoms with Gasteiger partial charge in [0.15, 0.2) is 5.82 Å². The van der Waals surface area contributed by atoms with Crippen LogP contribution in [0.5, 0.6) is 5.75 Å². The minimum absolute atomic E-state index is 0.101. The van der Waals surface area contributed by atoms with Gasteiger partial charge in [-0.05, 0) is 30.3 Å². The van der Waals surface area contributed by atoms with Crippen molar-refractivity contribution in [1.82, 2.24) is 15.0 Å². The van der Waals surface area contributed by atoms with Crippen LogP contribution < -0.4 is 10.1 Å². The van der Waals surface area contributed by atoms with Crippen LogP contribution >= 0.6 is 11.6 Å². The molecule has 0 bridgehead atoms. The van der Waals surface area contributed by atoms with Crippen molar-refractivity contribution in [2.24, 2.45) is 0 Å². The second-order valence-electron chi connectivity index (χ2n) is 5.15. The van der Waals surface area contributed by atoms with E-state index in [9.17, 15) is 13.2 Å². The van der Waals surface area contributed by atoms with E-state index < -0.39 is 11.7 Å². The molecule has 3 aromatic rings. The van der Waals surface area contributed by atoms with E-state index in [0.717, 1.165) is 12.1 Å². The highest BCUT2D eigenvalue weighted by Crippen LogP contribution is 2.36. The summed E-state index contributed by atoms with van der Waals surface area (Å²) in [5.41, 5.74) is -0.232. The fourth-order valence-corrected chi connectivity index (χ4v) is 2.39. The first kappa shape index (κ1) is 17.9. The molecule has 2 aromatic heterocycles.